The molecule has 0 saturated heterocycles. The predicted molar refractivity (Wildman–Crippen MR) is 94.9 cm³/mol. The minimum atomic E-state index is -3.90. The fraction of sp³-hybridized carbons (Fsp3) is 0.412. The van der Waals surface area contributed by atoms with E-state index in [4.69, 9.17) is 0 Å². The van der Waals surface area contributed by atoms with E-state index >= 15 is 0 Å². The van der Waals surface area contributed by atoms with Crippen LogP contribution in [-0.2, 0) is 27.8 Å². The Hall–Kier alpha value is -2.33. The third-order valence-electron chi connectivity index (χ3n) is 4.58. The number of amides is 1. The zero-order valence-corrected chi connectivity index (χ0v) is 15.8. The smallest absolute Gasteiger partial charge is 0.312 e. The van der Waals surface area contributed by atoms with Crippen molar-refractivity contribution in [2.24, 2.45) is 0 Å². The van der Waals surface area contributed by atoms with E-state index in [1.807, 2.05) is 0 Å². The SMILES string of the molecule is CC(=O)N1CCCc2cc(S(=O)(=O)N(C)Cc3nccn3C(F)F)ccc21. The van der Waals surface area contributed by atoms with Crippen molar-refractivity contribution < 1.29 is 22.0 Å². The van der Waals surface area contributed by atoms with Crippen LogP contribution in [0.15, 0.2) is 35.5 Å². The number of nitrogens with zero attached hydrogens (tertiary/aromatic N) is 4. The quantitative estimate of drug-likeness (QED) is 0.775. The molecule has 0 radical (unpaired) electrons. The van der Waals surface area contributed by atoms with Crippen LogP contribution >= 0.6 is 0 Å². The first-order valence-corrected chi connectivity index (χ1v) is 9.83. The third-order valence-corrected chi connectivity index (χ3v) is 6.38. The van der Waals surface area contributed by atoms with Crippen LogP contribution in [0.1, 0.15) is 31.3 Å². The molecule has 27 heavy (non-hydrogen) atoms. The molecule has 0 fully saturated rings. The van der Waals surface area contributed by atoms with Gasteiger partial charge in [0.15, 0.2) is 0 Å². The number of anilines is 1. The second kappa shape index (κ2) is 7.35. The number of hydrogen-bond acceptors (Lipinski definition) is 4. The molecule has 1 aliphatic rings. The van der Waals surface area contributed by atoms with Crippen LogP contribution in [0.25, 0.3) is 0 Å². The summed E-state index contributed by atoms with van der Waals surface area (Å²) in [6, 6.07) is 4.61. The highest BCUT2D eigenvalue weighted by atomic mass is 32.2. The largest absolute Gasteiger partial charge is 0.319 e. The van der Waals surface area contributed by atoms with Gasteiger partial charge in [0, 0.05) is 38.6 Å². The molecule has 2 heterocycles. The van der Waals surface area contributed by atoms with Gasteiger partial charge in [-0.2, -0.15) is 13.1 Å². The molecule has 0 saturated carbocycles. The van der Waals surface area contributed by atoms with Crippen molar-refractivity contribution in [2.45, 2.75) is 37.8 Å². The van der Waals surface area contributed by atoms with Crippen molar-refractivity contribution in [3.05, 3.63) is 42.0 Å². The summed E-state index contributed by atoms with van der Waals surface area (Å²) in [6.07, 6.45) is 3.73. The maximum absolute atomic E-state index is 12.9. The topological polar surface area (TPSA) is 75.5 Å². The van der Waals surface area contributed by atoms with Gasteiger partial charge in [0.05, 0.1) is 11.4 Å². The van der Waals surface area contributed by atoms with E-state index in [0.29, 0.717) is 23.2 Å². The molecule has 7 nitrogen and oxygen atoms in total. The van der Waals surface area contributed by atoms with Gasteiger partial charge in [-0.25, -0.2) is 13.4 Å². The number of aryl methyl sites for hydroxylation is 1. The van der Waals surface area contributed by atoms with E-state index < -0.39 is 16.6 Å². The Labute approximate surface area is 156 Å². The maximum Gasteiger partial charge on any atom is 0.319 e. The van der Waals surface area contributed by atoms with Gasteiger partial charge in [0.2, 0.25) is 15.9 Å². The number of carbonyl (C=O) groups is 1. The fourth-order valence-corrected chi connectivity index (χ4v) is 4.35. The molecule has 2 aromatic rings. The second-order valence-corrected chi connectivity index (χ2v) is 8.40. The molecule has 0 spiro atoms. The van der Waals surface area contributed by atoms with Crippen LogP contribution in [0.4, 0.5) is 14.5 Å². The van der Waals surface area contributed by atoms with E-state index in [0.717, 1.165) is 22.5 Å². The van der Waals surface area contributed by atoms with Gasteiger partial charge in [-0.05, 0) is 36.6 Å². The number of aromatic nitrogens is 2. The molecule has 0 aliphatic carbocycles. The monoisotopic (exact) mass is 398 g/mol. The summed E-state index contributed by atoms with van der Waals surface area (Å²) in [6.45, 7) is -1.00. The molecule has 0 unspecified atom stereocenters. The molecule has 3 rings (SSSR count). The van der Waals surface area contributed by atoms with Crippen molar-refractivity contribution in [1.29, 1.82) is 0 Å². The van der Waals surface area contributed by atoms with Crippen molar-refractivity contribution >= 4 is 21.6 Å². The summed E-state index contributed by atoms with van der Waals surface area (Å²) < 4.78 is 53.2. The molecule has 1 aliphatic heterocycles. The highest BCUT2D eigenvalue weighted by Crippen LogP contribution is 2.30. The molecule has 146 valence electrons. The Bertz CT molecular complexity index is 959. The van der Waals surface area contributed by atoms with Crippen LogP contribution < -0.4 is 4.90 Å². The van der Waals surface area contributed by atoms with Crippen LogP contribution in [0.5, 0.6) is 0 Å². The molecule has 10 heteroatoms. The van der Waals surface area contributed by atoms with Crippen LogP contribution in [0.3, 0.4) is 0 Å². The van der Waals surface area contributed by atoms with Gasteiger partial charge in [-0.3, -0.25) is 9.36 Å². The van der Waals surface area contributed by atoms with Gasteiger partial charge >= 0.3 is 6.55 Å². The predicted octanol–water partition coefficient (Wildman–Crippen LogP) is 2.40. The van der Waals surface area contributed by atoms with Gasteiger partial charge < -0.3 is 4.90 Å². The van der Waals surface area contributed by atoms with Crippen molar-refractivity contribution in [2.75, 3.05) is 18.5 Å². The van der Waals surface area contributed by atoms with E-state index in [1.54, 1.807) is 17.0 Å². The first-order valence-electron chi connectivity index (χ1n) is 8.39. The van der Waals surface area contributed by atoms with Crippen LogP contribution in [-0.4, -0.2) is 41.8 Å². The lowest BCUT2D eigenvalue weighted by Crippen LogP contribution is -2.34. The molecule has 1 aromatic carbocycles. The maximum atomic E-state index is 12.9. The van der Waals surface area contributed by atoms with Gasteiger partial charge in [-0.1, -0.05) is 0 Å². The zero-order valence-electron chi connectivity index (χ0n) is 15.0. The summed E-state index contributed by atoms with van der Waals surface area (Å²) in [7, 11) is -2.58. The first kappa shape index (κ1) is 19.4. The summed E-state index contributed by atoms with van der Waals surface area (Å²) in [5, 5.41) is 0. The van der Waals surface area contributed by atoms with Crippen LogP contribution in [0.2, 0.25) is 0 Å². The average Bonchev–Trinajstić information content (AvgIpc) is 3.08. The number of hydrogen-bond donors (Lipinski definition) is 0. The normalized spacial score (nSPS) is 14.7. The molecule has 0 bridgehead atoms. The molecular formula is C17H20F2N4O3S. The number of sulfonamides is 1. The average molecular weight is 398 g/mol. The summed E-state index contributed by atoms with van der Waals surface area (Å²) in [5.74, 6) is -0.140. The Morgan fingerprint density at radius 2 is 2.11 bits per heavy atom. The lowest BCUT2D eigenvalue weighted by molar-refractivity contribution is -0.116. The number of fused-ring (bicyclic) bond motifs is 1. The molecular weight excluding hydrogens is 378 g/mol. The Morgan fingerprint density at radius 1 is 1.37 bits per heavy atom. The molecule has 0 N–H and O–H groups in total. The van der Waals surface area contributed by atoms with Crippen LogP contribution in [0, 0.1) is 0 Å². The Kier molecular flexibility index (Phi) is 5.29. The number of alkyl halides is 2. The number of halogens is 2. The van der Waals surface area contributed by atoms with E-state index in [9.17, 15) is 22.0 Å². The van der Waals surface area contributed by atoms with Crippen molar-refractivity contribution in [3.63, 3.8) is 0 Å². The Balaban J connectivity index is 1.88. The van der Waals surface area contributed by atoms with Gasteiger partial charge in [0.1, 0.15) is 5.82 Å². The highest BCUT2D eigenvalue weighted by Gasteiger charge is 2.27. The fourth-order valence-electron chi connectivity index (χ4n) is 3.17. The zero-order chi connectivity index (χ0) is 19.8. The second-order valence-electron chi connectivity index (χ2n) is 6.35. The number of carbonyl (C=O) groups excluding carboxylic acids is 1. The molecule has 1 amide bonds. The standard InChI is InChI=1S/C17H20F2N4O3S/c1-12(24)22-8-3-4-13-10-14(5-6-15(13)22)27(25,26)21(2)11-16-20-7-9-23(16)17(18)19/h5-7,9-10,17H,3-4,8,11H2,1-2H3. The van der Waals surface area contributed by atoms with Crippen molar-refractivity contribution in [3.8, 4) is 0 Å². The lowest BCUT2D eigenvalue weighted by Gasteiger charge is -2.29. The summed E-state index contributed by atoms with van der Waals surface area (Å²) in [5.41, 5.74) is 1.49. The van der Waals surface area contributed by atoms with E-state index in [1.165, 1.54) is 26.2 Å². The van der Waals surface area contributed by atoms with E-state index in [2.05, 4.69) is 4.98 Å². The lowest BCUT2D eigenvalue weighted by atomic mass is 10.0. The number of imidazole rings is 1. The third kappa shape index (κ3) is 3.72. The van der Waals surface area contributed by atoms with Gasteiger partial charge in [0.25, 0.3) is 0 Å². The van der Waals surface area contributed by atoms with Crippen molar-refractivity contribution in [1.82, 2.24) is 13.9 Å². The Morgan fingerprint density at radius 3 is 2.78 bits per heavy atom. The molecule has 1 aromatic heterocycles. The minimum absolute atomic E-state index is 0.0446. The summed E-state index contributed by atoms with van der Waals surface area (Å²) in [4.78, 5) is 17.2. The van der Waals surface area contributed by atoms with Gasteiger partial charge in [-0.15, -0.1) is 0 Å². The first-order chi connectivity index (χ1) is 12.7. The summed E-state index contributed by atoms with van der Waals surface area (Å²) >= 11 is 0. The minimum Gasteiger partial charge on any atom is -0.312 e. The number of rotatable bonds is 5. The van der Waals surface area contributed by atoms with E-state index in [-0.39, 0.29) is 23.2 Å². The molecule has 0 atom stereocenters. The number of benzene rings is 1. The highest BCUT2D eigenvalue weighted by molar-refractivity contribution is 7.89.